The molecule has 2 rings (SSSR count). The van der Waals surface area contributed by atoms with E-state index in [4.69, 9.17) is 34.8 Å². The Balaban J connectivity index is 2.34. The molecule has 0 atom stereocenters. The molecule has 1 aromatic rings. The van der Waals surface area contributed by atoms with Gasteiger partial charge < -0.3 is 0 Å². The molecule has 0 radical (unpaired) electrons. The molecule has 0 aliphatic carbocycles. The molecule has 1 aromatic carbocycles. The summed E-state index contributed by atoms with van der Waals surface area (Å²) in [5.74, 6) is -0.745. The van der Waals surface area contributed by atoms with Crippen LogP contribution < -0.4 is 4.90 Å². The summed E-state index contributed by atoms with van der Waals surface area (Å²) in [5, 5.41) is 0. The number of nitrogens with zero attached hydrogens (tertiary/aromatic N) is 1. The first-order valence-electron chi connectivity index (χ1n) is 5.69. The number of ketones is 1. The fourth-order valence-electron chi connectivity index (χ4n) is 1.89. The van der Waals surface area contributed by atoms with Gasteiger partial charge in [-0.05, 0) is 30.7 Å². The van der Waals surface area contributed by atoms with Gasteiger partial charge in [0, 0.05) is 28.4 Å². The minimum absolute atomic E-state index is 0.0873. The lowest BCUT2D eigenvalue weighted by Gasteiger charge is -2.18. The summed E-state index contributed by atoms with van der Waals surface area (Å²) in [6, 6.07) is 7.19. The number of amides is 1. The van der Waals surface area contributed by atoms with Crippen molar-refractivity contribution in [2.45, 2.75) is 16.6 Å². The Bertz CT molecular complexity index is 578. The largest absolute Gasteiger partial charge is 0.290 e. The number of benzene rings is 1. The summed E-state index contributed by atoms with van der Waals surface area (Å²) in [7, 11) is 0. The number of hydrogen-bond acceptors (Lipinski definition) is 2. The minimum Gasteiger partial charge on any atom is -0.290 e. The van der Waals surface area contributed by atoms with Crippen LogP contribution in [0, 0.1) is 0 Å². The zero-order chi connectivity index (χ0) is 14.9. The molecule has 20 heavy (non-hydrogen) atoms. The van der Waals surface area contributed by atoms with Gasteiger partial charge in [0.25, 0.3) is 3.79 Å². The second kappa shape index (κ2) is 6.06. The van der Waals surface area contributed by atoms with E-state index in [2.05, 4.69) is 15.9 Å². The lowest BCUT2D eigenvalue weighted by molar-refractivity contribution is -0.117. The summed E-state index contributed by atoms with van der Waals surface area (Å²) in [4.78, 5) is 25.2. The van der Waals surface area contributed by atoms with Gasteiger partial charge in [-0.2, -0.15) is 0 Å². The number of halogens is 4. The Morgan fingerprint density at radius 1 is 1.20 bits per heavy atom. The normalized spacial score (nSPS) is 17.9. The molecular formula is C13H9BrCl3NO2. The predicted octanol–water partition coefficient (Wildman–Crippen LogP) is 4.40. The first kappa shape index (κ1) is 15.8. The van der Waals surface area contributed by atoms with Gasteiger partial charge in [-0.25, -0.2) is 0 Å². The molecule has 7 heteroatoms. The van der Waals surface area contributed by atoms with Crippen LogP contribution in [0.2, 0.25) is 0 Å². The summed E-state index contributed by atoms with van der Waals surface area (Å²) in [6.45, 7) is 0. The van der Waals surface area contributed by atoms with Gasteiger partial charge >= 0.3 is 0 Å². The van der Waals surface area contributed by atoms with Gasteiger partial charge in [0.05, 0.1) is 0 Å². The zero-order valence-corrected chi connectivity index (χ0v) is 13.9. The van der Waals surface area contributed by atoms with E-state index in [9.17, 15) is 9.59 Å². The van der Waals surface area contributed by atoms with Crippen LogP contribution in [0.15, 0.2) is 40.5 Å². The first-order valence-corrected chi connectivity index (χ1v) is 7.62. The lowest BCUT2D eigenvalue weighted by atomic mass is 10.2. The number of rotatable bonds is 2. The number of carbonyl (C=O) groups excluding carboxylic acids is 2. The highest BCUT2D eigenvalue weighted by Crippen LogP contribution is 2.33. The zero-order valence-electron chi connectivity index (χ0n) is 10.1. The third-order valence-electron chi connectivity index (χ3n) is 2.79. The highest BCUT2D eigenvalue weighted by atomic mass is 79.9. The fourth-order valence-corrected chi connectivity index (χ4v) is 2.32. The van der Waals surface area contributed by atoms with Crippen molar-refractivity contribution in [3.05, 3.63) is 40.5 Å². The Morgan fingerprint density at radius 3 is 2.35 bits per heavy atom. The van der Waals surface area contributed by atoms with Gasteiger partial charge in [-0.3, -0.25) is 14.5 Å². The molecule has 0 unspecified atom stereocenters. The van der Waals surface area contributed by atoms with Crippen LogP contribution >= 0.6 is 50.7 Å². The van der Waals surface area contributed by atoms with Gasteiger partial charge in [-0.15, -0.1) is 0 Å². The molecule has 1 aliphatic rings. The second-order valence-corrected chi connectivity index (χ2v) is 7.40. The van der Waals surface area contributed by atoms with Crippen LogP contribution in [0.1, 0.15) is 12.8 Å². The Hall–Kier alpha value is -0.550. The molecule has 1 heterocycles. The van der Waals surface area contributed by atoms with Crippen LogP contribution in [0.4, 0.5) is 5.69 Å². The molecule has 0 bridgehead atoms. The minimum atomic E-state index is -2.01. The summed E-state index contributed by atoms with van der Waals surface area (Å²) in [6.07, 6.45) is 2.00. The topological polar surface area (TPSA) is 37.4 Å². The van der Waals surface area contributed by atoms with Crippen molar-refractivity contribution in [2.24, 2.45) is 0 Å². The highest BCUT2D eigenvalue weighted by Gasteiger charge is 2.33. The standard InChI is InChI=1S/C13H9BrCl3NO2/c14-8-1-3-9(4-2-8)18-10(5-6-12(18)20)7-11(19)13(15,16)17/h1-4,7H,5-6H2/b10-7+. The van der Waals surface area contributed by atoms with Crippen LogP contribution in [-0.4, -0.2) is 15.5 Å². The van der Waals surface area contributed by atoms with E-state index in [1.807, 2.05) is 12.1 Å². The summed E-state index contributed by atoms with van der Waals surface area (Å²) < 4.78 is -1.11. The van der Waals surface area contributed by atoms with Crippen molar-refractivity contribution in [3.63, 3.8) is 0 Å². The van der Waals surface area contributed by atoms with Crippen LogP contribution in [0.3, 0.4) is 0 Å². The highest BCUT2D eigenvalue weighted by molar-refractivity contribution is 9.10. The molecular weight excluding hydrogens is 388 g/mol. The van der Waals surface area contributed by atoms with Crippen molar-refractivity contribution in [1.29, 1.82) is 0 Å². The number of allylic oxidation sites excluding steroid dienone is 2. The van der Waals surface area contributed by atoms with Crippen LogP contribution in [0.5, 0.6) is 0 Å². The van der Waals surface area contributed by atoms with E-state index < -0.39 is 9.58 Å². The molecule has 0 saturated carbocycles. The maximum Gasteiger partial charge on any atom is 0.252 e. The summed E-state index contributed by atoms with van der Waals surface area (Å²) >= 11 is 19.9. The molecule has 0 spiro atoms. The Morgan fingerprint density at radius 2 is 1.80 bits per heavy atom. The number of carbonyl (C=O) groups is 2. The van der Waals surface area contributed by atoms with Crippen molar-refractivity contribution >= 4 is 68.1 Å². The summed E-state index contributed by atoms with van der Waals surface area (Å²) in [5.41, 5.74) is 1.22. The van der Waals surface area contributed by atoms with Crippen molar-refractivity contribution in [3.8, 4) is 0 Å². The predicted molar refractivity (Wildman–Crippen MR) is 84.2 cm³/mol. The smallest absolute Gasteiger partial charge is 0.252 e. The molecule has 0 N–H and O–H groups in total. The average molecular weight is 397 g/mol. The average Bonchev–Trinajstić information content (AvgIpc) is 2.71. The van der Waals surface area contributed by atoms with E-state index in [1.54, 1.807) is 12.1 Å². The van der Waals surface area contributed by atoms with Crippen LogP contribution in [0.25, 0.3) is 0 Å². The SMILES string of the molecule is O=C1CC/C(=C\C(=O)C(Cl)(Cl)Cl)N1c1ccc(Br)cc1. The maximum atomic E-state index is 12.0. The molecule has 1 aliphatic heterocycles. The quantitative estimate of drug-likeness (QED) is 0.548. The number of alkyl halides is 3. The van der Waals surface area contributed by atoms with E-state index in [1.165, 1.54) is 11.0 Å². The van der Waals surface area contributed by atoms with E-state index >= 15 is 0 Å². The Labute approximate surface area is 139 Å². The molecule has 3 nitrogen and oxygen atoms in total. The third-order valence-corrected chi connectivity index (χ3v) is 3.88. The van der Waals surface area contributed by atoms with Crippen LogP contribution in [-0.2, 0) is 9.59 Å². The number of hydrogen-bond donors (Lipinski definition) is 0. The molecule has 1 saturated heterocycles. The van der Waals surface area contributed by atoms with E-state index in [-0.39, 0.29) is 5.91 Å². The number of anilines is 1. The van der Waals surface area contributed by atoms with Gasteiger partial charge in [-0.1, -0.05) is 50.7 Å². The van der Waals surface area contributed by atoms with E-state index in [0.717, 1.165) is 4.47 Å². The molecule has 1 fully saturated rings. The molecule has 0 aromatic heterocycles. The second-order valence-electron chi connectivity index (χ2n) is 4.20. The Kier molecular flexibility index (Phi) is 4.80. The monoisotopic (exact) mass is 395 g/mol. The van der Waals surface area contributed by atoms with Gasteiger partial charge in [0.2, 0.25) is 11.7 Å². The maximum absolute atomic E-state index is 12.0. The third kappa shape index (κ3) is 3.55. The van der Waals surface area contributed by atoms with Crippen molar-refractivity contribution in [1.82, 2.24) is 0 Å². The first-order chi connectivity index (χ1) is 9.29. The molecule has 106 valence electrons. The fraction of sp³-hybridized carbons (Fsp3) is 0.231. The van der Waals surface area contributed by atoms with Crippen molar-refractivity contribution < 1.29 is 9.59 Å². The van der Waals surface area contributed by atoms with Gasteiger partial charge in [0.15, 0.2) is 0 Å². The van der Waals surface area contributed by atoms with E-state index in [0.29, 0.717) is 24.2 Å². The van der Waals surface area contributed by atoms with Gasteiger partial charge in [0.1, 0.15) is 0 Å². The molecule has 1 amide bonds. The van der Waals surface area contributed by atoms with Crippen molar-refractivity contribution in [2.75, 3.05) is 4.90 Å². The lowest BCUT2D eigenvalue weighted by Crippen LogP contribution is -2.24.